The van der Waals surface area contributed by atoms with Gasteiger partial charge in [0.25, 0.3) is 0 Å². The van der Waals surface area contributed by atoms with Crippen molar-refractivity contribution in [3.63, 3.8) is 0 Å². The van der Waals surface area contributed by atoms with Gasteiger partial charge in [-0.3, -0.25) is 0 Å². The molecule has 2 saturated carbocycles. The topological polar surface area (TPSA) is 15.3 Å². The zero-order valence-corrected chi connectivity index (χ0v) is 13.3. The Morgan fingerprint density at radius 3 is 2.65 bits per heavy atom. The van der Waals surface area contributed by atoms with Crippen LogP contribution in [0.4, 0.5) is 0 Å². The van der Waals surface area contributed by atoms with Crippen molar-refractivity contribution in [3.8, 4) is 0 Å². The number of nitrogens with zero attached hydrogens (tertiary/aromatic N) is 1. The standard InChI is InChI=1S/C15H16Cl2N2S/c16-10-3-4-11(13(17)7-10)12-5-6-15(12)19-18-14(8-20-19)9-1-2-9/h3-4,7-9,12,15,18H,1-2,5-6H2/t12-,15-/m0/s1. The summed E-state index contributed by atoms with van der Waals surface area (Å²) in [5.74, 6) is 1.29. The van der Waals surface area contributed by atoms with Crippen LogP contribution in [0.3, 0.4) is 0 Å². The Labute approximate surface area is 133 Å². The van der Waals surface area contributed by atoms with Gasteiger partial charge in [-0.05, 0) is 55.3 Å². The minimum atomic E-state index is 0.506. The van der Waals surface area contributed by atoms with Gasteiger partial charge in [-0.2, -0.15) is 4.41 Å². The van der Waals surface area contributed by atoms with E-state index in [0.29, 0.717) is 17.0 Å². The number of hydrazine groups is 1. The van der Waals surface area contributed by atoms with E-state index < -0.39 is 0 Å². The molecular formula is C15H16Cl2N2S. The fourth-order valence-corrected chi connectivity index (χ4v) is 4.55. The number of rotatable bonds is 3. The summed E-state index contributed by atoms with van der Waals surface area (Å²) < 4.78 is 2.31. The van der Waals surface area contributed by atoms with Gasteiger partial charge >= 0.3 is 0 Å². The maximum Gasteiger partial charge on any atom is 0.0478 e. The van der Waals surface area contributed by atoms with Crippen LogP contribution in [0.5, 0.6) is 0 Å². The number of halogens is 2. The molecule has 20 heavy (non-hydrogen) atoms. The van der Waals surface area contributed by atoms with Gasteiger partial charge in [-0.25, -0.2) is 0 Å². The highest BCUT2D eigenvalue weighted by atomic mass is 35.5. The van der Waals surface area contributed by atoms with Crippen LogP contribution in [-0.4, -0.2) is 10.5 Å². The van der Waals surface area contributed by atoms with Crippen molar-refractivity contribution in [3.05, 3.63) is 44.9 Å². The smallest absolute Gasteiger partial charge is 0.0478 e. The van der Waals surface area contributed by atoms with Crippen molar-refractivity contribution in [2.75, 3.05) is 0 Å². The summed E-state index contributed by atoms with van der Waals surface area (Å²) in [7, 11) is 0. The first-order valence-electron chi connectivity index (χ1n) is 7.10. The fraction of sp³-hybridized carbons (Fsp3) is 0.467. The zero-order chi connectivity index (χ0) is 13.7. The fourth-order valence-electron chi connectivity index (χ4n) is 2.96. The van der Waals surface area contributed by atoms with Gasteiger partial charge in [0.2, 0.25) is 0 Å². The van der Waals surface area contributed by atoms with Gasteiger partial charge in [0, 0.05) is 39.0 Å². The molecular weight excluding hydrogens is 311 g/mol. The average Bonchev–Trinajstić information content (AvgIpc) is 3.12. The maximum atomic E-state index is 6.35. The summed E-state index contributed by atoms with van der Waals surface area (Å²) >= 11 is 14.1. The SMILES string of the molecule is Clc1ccc([C@@H]2CC[C@@H]2N2NC(C3CC3)=CS2)c(Cl)c1. The van der Waals surface area contributed by atoms with Crippen LogP contribution < -0.4 is 5.43 Å². The Morgan fingerprint density at radius 2 is 2.00 bits per heavy atom. The molecule has 2 atom stereocenters. The van der Waals surface area contributed by atoms with Crippen molar-refractivity contribution in [1.29, 1.82) is 0 Å². The molecule has 1 aromatic rings. The lowest BCUT2D eigenvalue weighted by Gasteiger charge is -2.42. The van der Waals surface area contributed by atoms with Crippen LogP contribution >= 0.6 is 35.1 Å². The van der Waals surface area contributed by atoms with Crippen LogP contribution in [-0.2, 0) is 0 Å². The van der Waals surface area contributed by atoms with Crippen LogP contribution in [0.25, 0.3) is 0 Å². The lowest BCUT2D eigenvalue weighted by molar-refractivity contribution is 0.166. The molecule has 3 aliphatic rings. The van der Waals surface area contributed by atoms with Gasteiger partial charge in [0.1, 0.15) is 0 Å². The van der Waals surface area contributed by atoms with Crippen molar-refractivity contribution < 1.29 is 0 Å². The van der Waals surface area contributed by atoms with Gasteiger partial charge < -0.3 is 5.43 Å². The lowest BCUT2D eigenvalue weighted by Crippen LogP contribution is -2.46. The Morgan fingerprint density at radius 1 is 1.15 bits per heavy atom. The molecule has 1 aromatic carbocycles. The molecule has 0 bridgehead atoms. The average molecular weight is 327 g/mol. The molecule has 0 aromatic heterocycles. The third kappa shape index (κ3) is 2.35. The Hall–Kier alpha value is -0.350. The minimum Gasteiger partial charge on any atom is -0.312 e. The molecule has 0 unspecified atom stereocenters. The van der Waals surface area contributed by atoms with Crippen LogP contribution in [0.15, 0.2) is 29.3 Å². The number of allylic oxidation sites excluding steroid dienone is 1. The second-order valence-corrected chi connectivity index (χ2v) is 7.49. The summed E-state index contributed by atoms with van der Waals surface area (Å²) in [6, 6.07) is 6.39. The first kappa shape index (κ1) is 13.3. The molecule has 1 aliphatic heterocycles. The summed E-state index contributed by atoms with van der Waals surface area (Å²) in [4.78, 5) is 0. The second kappa shape index (κ2) is 5.13. The first-order chi connectivity index (χ1) is 9.72. The van der Waals surface area contributed by atoms with Crippen molar-refractivity contribution >= 4 is 35.1 Å². The number of hydrogen-bond donors (Lipinski definition) is 1. The van der Waals surface area contributed by atoms with Gasteiger partial charge in [-0.15, -0.1) is 0 Å². The van der Waals surface area contributed by atoms with Crippen molar-refractivity contribution in [2.24, 2.45) is 5.92 Å². The van der Waals surface area contributed by atoms with E-state index in [0.717, 1.165) is 10.9 Å². The van der Waals surface area contributed by atoms with E-state index in [2.05, 4.69) is 21.3 Å². The third-order valence-corrected chi connectivity index (χ3v) is 5.96. The maximum absolute atomic E-state index is 6.35. The highest BCUT2D eigenvalue weighted by molar-refractivity contribution is 8.00. The number of hydrogen-bond acceptors (Lipinski definition) is 3. The molecule has 0 radical (unpaired) electrons. The molecule has 106 valence electrons. The van der Waals surface area contributed by atoms with Crippen molar-refractivity contribution in [1.82, 2.24) is 9.84 Å². The highest BCUT2D eigenvalue weighted by Gasteiger charge is 2.41. The van der Waals surface area contributed by atoms with E-state index in [1.54, 1.807) is 11.9 Å². The molecule has 2 fully saturated rings. The molecule has 0 amide bonds. The Bertz CT molecular complexity index is 571. The Kier molecular flexibility index (Phi) is 3.42. The van der Waals surface area contributed by atoms with Gasteiger partial charge in [0.15, 0.2) is 0 Å². The molecule has 5 heteroatoms. The van der Waals surface area contributed by atoms with Gasteiger partial charge in [0.05, 0.1) is 0 Å². The van der Waals surface area contributed by atoms with E-state index in [9.17, 15) is 0 Å². The normalized spacial score (nSPS) is 29.8. The largest absolute Gasteiger partial charge is 0.312 e. The molecule has 1 N–H and O–H groups in total. The third-order valence-electron chi connectivity index (χ3n) is 4.45. The summed E-state index contributed by atoms with van der Waals surface area (Å²) in [5.41, 5.74) is 6.21. The summed E-state index contributed by atoms with van der Waals surface area (Å²) in [6.45, 7) is 0. The van der Waals surface area contributed by atoms with Crippen molar-refractivity contribution in [2.45, 2.75) is 37.6 Å². The van der Waals surface area contributed by atoms with E-state index >= 15 is 0 Å². The van der Waals surface area contributed by atoms with Crippen LogP contribution in [0.2, 0.25) is 10.0 Å². The van der Waals surface area contributed by atoms with Crippen LogP contribution in [0, 0.1) is 5.92 Å². The number of nitrogens with one attached hydrogen (secondary N) is 1. The van der Waals surface area contributed by atoms with Crippen LogP contribution in [0.1, 0.15) is 37.2 Å². The van der Waals surface area contributed by atoms with Gasteiger partial charge in [-0.1, -0.05) is 29.3 Å². The molecule has 0 spiro atoms. The highest BCUT2D eigenvalue weighted by Crippen LogP contribution is 2.47. The second-order valence-electron chi connectivity index (χ2n) is 5.81. The predicted molar refractivity (Wildman–Crippen MR) is 85.6 cm³/mol. The number of benzene rings is 1. The van der Waals surface area contributed by atoms with E-state index in [4.69, 9.17) is 23.2 Å². The van der Waals surface area contributed by atoms with E-state index in [1.807, 2.05) is 12.1 Å². The first-order valence-corrected chi connectivity index (χ1v) is 8.69. The molecule has 2 aliphatic carbocycles. The molecule has 2 nitrogen and oxygen atoms in total. The molecule has 0 saturated heterocycles. The Balaban J connectivity index is 1.48. The summed E-state index contributed by atoms with van der Waals surface area (Å²) in [6.07, 6.45) is 5.09. The quantitative estimate of drug-likeness (QED) is 0.790. The monoisotopic (exact) mass is 326 g/mol. The minimum absolute atomic E-state index is 0.506. The molecule has 1 heterocycles. The lowest BCUT2D eigenvalue weighted by atomic mass is 9.75. The predicted octanol–water partition coefficient (Wildman–Crippen LogP) is 4.96. The van der Waals surface area contributed by atoms with E-state index in [1.165, 1.54) is 36.9 Å². The zero-order valence-electron chi connectivity index (χ0n) is 11.0. The summed E-state index contributed by atoms with van der Waals surface area (Å²) in [5, 5.41) is 3.78. The molecule has 4 rings (SSSR count). The van der Waals surface area contributed by atoms with E-state index in [-0.39, 0.29) is 0 Å².